The summed E-state index contributed by atoms with van der Waals surface area (Å²) in [6.45, 7) is 5.56. The lowest BCUT2D eigenvalue weighted by molar-refractivity contribution is -0.118. The van der Waals surface area contributed by atoms with E-state index in [0.29, 0.717) is 5.69 Å². The second kappa shape index (κ2) is 10.8. The van der Waals surface area contributed by atoms with Crippen LogP contribution in [0.1, 0.15) is 36.7 Å². The monoisotopic (exact) mass is 496 g/mol. The van der Waals surface area contributed by atoms with Crippen molar-refractivity contribution in [3.8, 4) is 0 Å². The Morgan fingerprint density at radius 1 is 0.886 bits per heavy atom. The Morgan fingerprint density at radius 2 is 1.49 bits per heavy atom. The van der Waals surface area contributed by atoms with Crippen molar-refractivity contribution in [2.45, 2.75) is 38.1 Å². The lowest BCUT2D eigenvalue weighted by atomic mass is 10.0. The van der Waals surface area contributed by atoms with Crippen LogP contribution in [0.25, 0.3) is 0 Å². The van der Waals surface area contributed by atoms with E-state index in [9.17, 15) is 22.4 Å². The Hall–Kier alpha value is -3.52. The first-order chi connectivity index (χ1) is 16.4. The first-order valence-electron chi connectivity index (χ1n) is 11.2. The number of carbonyl (C=O) groups is 2. The molecule has 0 bridgehead atoms. The predicted molar refractivity (Wildman–Crippen MR) is 134 cm³/mol. The molecule has 0 aliphatic carbocycles. The molecule has 2 N–H and O–H groups in total. The van der Waals surface area contributed by atoms with Gasteiger partial charge in [-0.1, -0.05) is 51.1 Å². The Bertz CT molecular complexity index is 1270. The number of sulfone groups is 1. The first-order valence-corrected chi connectivity index (χ1v) is 12.8. The maximum atomic E-state index is 13.2. The van der Waals surface area contributed by atoms with Crippen molar-refractivity contribution in [1.82, 2.24) is 5.32 Å². The Morgan fingerprint density at radius 3 is 2.06 bits per heavy atom. The number of rotatable bonds is 8. The molecule has 0 aliphatic heterocycles. The van der Waals surface area contributed by atoms with Crippen LogP contribution in [0, 0.1) is 11.2 Å². The maximum Gasteiger partial charge on any atom is 0.251 e. The molecule has 0 spiro atoms. The molecule has 0 unspecified atom stereocenters. The molecule has 0 radical (unpaired) electrons. The van der Waals surface area contributed by atoms with Gasteiger partial charge in [-0.25, -0.2) is 12.8 Å². The standard InChI is InChI=1S/C27H29FN2O4S/c1-27(2,3)18-35(33,34)23-15-13-22(14-16-23)29-26(32)24(17-19-7-5-4-6-8-19)30-25(31)20-9-11-21(28)12-10-20/h4-16,24H,17-18H2,1-3H3,(H,29,32)(H,30,31)/t24-/m0/s1. The van der Waals surface area contributed by atoms with Gasteiger partial charge in [-0.05, 0) is 59.5 Å². The normalized spacial score (nSPS) is 12.6. The summed E-state index contributed by atoms with van der Waals surface area (Å²) in [7, 11) is -3.47. The maximum absolute atomic E-state index is 13.2. The fraction of sp³-hybridized carbons (Fsp3) is 0.259. The molecule has 35 heavy (non-hydrogen) atoms. The summed E-state index contributed by atoms with van der Waals surface area (Å²) in [5.74, 6) is -1.44. The van der Waals surface area contributed by atoms with Crippen LogP contribution < -0.4 is 10.6 Å². The highest BCUT2D eigenvalue weighted by Gasteiger charge is 2.25. The van der Waals surface area contributed by atoms with E-state index in [1.807, 2.05) is 51.1 Å². The van der Waals surface area contributed by atoms with Crippen LogP contribution >= 0.6 is 0 Å². The molecule has 2 amide bonds. The molecule has 0 aromatic heterocycles. The summed E-state index contributed by atoms with van der Waals surface area (Å²) >= 11 is 0. The van der Waals surface area contributed by atoms with Gasteiger partial charge in [0, 0.05) is 17.7 Å². The van der Waals surface area contributed by atoms with E-state index < -0.39 is 33.5 Å². The number of halogens is 1. The van der Waals surface area contributed by atoms with Gasteiger partial charge in [0.1, 0.15) is 11.9 Å². The summed E-state index contributed by atoms with van der Waals surface area (Å²) in [5.41, 5.74) is 1.08. The van der Waals surface area contributed by atoms with Crippen molar-refractivity contribution in [3.63, 3.8) is 0 Å². The van der Waals surface area contributed by atoms with Gasteiger partial charge in [0.05, 0.1) is 10.6 Å². The molecule has 0 aliphatic rings. The van der Waals surface area contributed by atoms with Crippen molar-refractivity contribution >= 4 is 27.3 Å². The minimum absolute atomic E-state index is 0.000270. The van der Waals surface area contributed by atoms with Crippen molar-refractivity contribution in [2.24, 2.45) is 5.41 Å². The van der Waals surface area contributed by atoms with E-state index >= 15 is 0 Å². The van der Waals surface area contributed by atoms with Crippen molar-refractivity contribution in [2.75, 3.05) is 11.1 Å². The van der Waals surface area contributed by atoms with Gasteiger partial charge >= 0.3 is 0 Å². The molecule has 0 saturated carbocycles. The molecule has 3 aromatic carbocycles. The third-order valence-electron chi connectivity index (χ3n) is 5.11. The highest BCUT2D eigenvalue weighted by molar-refractivity contribution is 7.91. The Labute approximate surface area is 205 Å². The van der Waals surface area contributed by atoms with Crippen molar-refractivity contribution in [3.05, 3.63) is 95.8 Å². The predicted octanol–water partition coefficient (Wildman–Crippen LogP) is 4.63. The third-order valence-corrected chi connectivity index (χ3v) is 7.35. The highest BCUT2D eigenvalue weighted by Crippen LogP contribution is 2.23. The number of amides is 2. The van der Waals surface area contributed by atoms with Crippen LogP contribution in [-0.2, 0) is 21.1 Å². The zero-order valence-corrected chi connectivity index (χ0v) is 20.7. The lowest BCUT2D eigenvalue weighted by Gasteiger charge is -2.20. The van der Waals surface area contributed by atoms with Crippen LogP contribution in [0.15, 0.2) is 83.8 Å². The molecular weight excluding hydrogens is 467 g/mol. The minimum Gasteiger partial charge on any atom is -0.340 e. The van der Waals surface area contributed by atoms with Crippen LogP contribution in [-0.4, -0.2) is 32.0 Å². The van der Waals surface area contributed by atoms with Crippen LogP contribution in [0.4, 0.5) is 10.1 Å². The van der Waals surface area contributed by atoms with E-state index in [4.69, 9.17) is 0 Å². The van der Waals surface area contributed by atoms with Crippen LogP contribution in [0.2, 0.25) is 0 Å². The van der Waals surface area contributed by atoms with Gasteiger partial charge in [-0.2, -0.15) is 0 Å². The smallest absolute Gasteiger partial charge is 0.251 e. The highest BCUT2D eigenvalue weighted by atomic mass is 32.2. The van der Waals surface area contributed by atoms with E-state index in [-0.39, 0.29) is 28.0 Å². The summed E-state index contributed by atoms with van der Waals surface area (Å²) in [6, 6.07) is 19.3. The third kappa shape index (κ3) is 7.75. The number of hydrogen-bond donors (Lipinski definition) is 2. The molecule has 3 rings (SSSR count). The number of benzene rings is 3. The summed E-state index contributed by atoms with van der Waals surface area (Å²) in [6.07, 6.45) is 0.234. The number of hydrogen-bond acceptors (Lipinski definition) is 4. The molecule has 1 atom stereocenters. The Kier molecular flexibility index (Phi) is 8.07. The summed E-state index contributed by atoms with van der Waals surface area (Å²) in [5, 5.41) is 5.46. The van der Waals surface area contributed by atoms with Crippen molar-refractivity contribution in [1.29, 1.82) is 0 Å². The second-order valence-electron chi connectivity index (χ2n) is 9.56. The molecule has 0 heterocycles. The van der Waals surface area contributed by atoms with Gasteiger partial charge in [-0.3, -0.25) is 9.59 Å². The van der Waals surface area contributed by atoms with E-state index in [1.54, 1.807) is 0 Å². The topological polar surface area (TPSA) is 92.3 Å². The molecule has 3 aromatic rings. The zero-order valence-electron chi connectivity index (χ0n) is 19.9. The minimum atomic E-state index is -3.47. The SMILES string of the molecule is CC(C)(C)CS(=O)(=O)c1ccc(NC(=O)[C@H](Cc2ccccc2)NC(=O)c2ccc(F)cc2)cc1. The van der Waals surface area contributed by atoms with Crippen LogP contribution in [0.5, 0.6) is 0 Å². The molecule has 0 saturated heterocycles. The molecule has 184 valence electrons. The number of nitrogens with one attached hydrogen (secondary N) is 2. The molecule has 8 heteroatoms. The van der Waals surface area contributed by atoms with Crippen LogP contribution in [0.3, 0.4) is 0 Å². The van der Waals surface area contributed by atoms with Gasteiger partial charge in [0.25, 0.3) is 5.91 Å². The quantitative estimate of drug-likeness (QED) is 0.476. The fourth-order valence-corrected chi connectivity index (χ4v) is 5.39. The summed E-state index contributed by atoms with van der Waals surface area (Å²) < 4.78 is 38.4. The zero-order chi connectivity index (χ0) is 25.6. The molecule has 6 nitrogen and oxygen atoms in total. The molecular formula is C27H29FN2O4S. The van der Waals surface area contributed by atoms with E-state index in [2.05, 4.69) is 10.6 Å². The first kappa shape index (κ1) is 26.1. The fourth-order valence-electron chi connectivity index (χ4n) is 3.53. The van der Waals surface area contributed by atoms with Gasteiger partial charge in [0.2, 0.25) is 5.91 Å². The van der Waals surface area contributed by atoms with Gasteiger partial charge < -0.3 is 10.6 Å². The molecule has 0 fully saturated rings. The van der Waals surface area contributed by atoms with E-state index in [0.717, 1.165) is 5.56 Å². The average Bonchev–Trinajstić information content (AvgIpc) is 2.78. The number of carbonyl (C=O) groups excluding carboxylic acids is 2. The van der Waals surface area contributed by atoms with E-state index in [1.165, 1.54) is 48.5 Å². The van der Waals surface area contributed by atoms with Gasteiger partial charge in [0.15, 0.2) is 9.84 Å². The second-order valence-corrected chi connectivity index (χ2v) is 11.5. The Balaban J connectivity index is 1.77. The lowest BCUT2D eigenvalue weighted by Crippen LogP contribution is -2.45. The number of anilines is 1. The largest absolute Gasteiger partial charge is 0.340 e. The average molecular weight is 497 g/mol. The van der Waals surface area contributed by atoms with Crippen molar-refractivity contribution < 1.29 is 22.4 Å². The summed E-state index contributed by atoms with van der Waals surface area (Å²) in [4.78, 5) is 26.0. The van der Waals surface area contributed by atoms with Gasteiger partial charge in [-0.15, -0.1) is 0 Å².